The SMILES string of the molecule is O=C(CO)[C@@H](O)[C@H](O)[C@H](O)[C@H](O)COP(=O)(O)O.O=CC(O)COP(=O)(O)O. The second kappa shape index (κ2) is 13.5. The van der Waals surface area contributed by atoms with Crippen molar-refractivity contribution in [3.05, 3.63) is 0 Å². The minimum atomic E-state index is -4.86. The third kappa shape index (κ3) is 15.3. The van der Waals surface area contributed by atoms with Gasteiger partial charge < -0.3 is 55.0 Å². The molecular weight excluding hydrogens is 438 g/mol. The molecule has 0 aliphatic heterocycles. The van der Waals surface area contributed by atoms with Crippen LogP contribution in [0.25, 0.3) is 0 Å². The second-order valence-corrected chi connectivity index (χ2v) is 7.37. The van der Waals surface area contributed by atoms with Crippen molar-refractivity contribution < 1.29 is 78.0 Å². The Hall–Kier alpha value is -0.680. The van der Waals surface area contributed by atoms with Gasteiger partial charge in [-0.25, -0.2) is 9.13 Å². The molecule has 0 aliphatic rings. The minimum absolute atomic E-state index is 0.121. The third-order valence-electron chi connectivity index (χ3n) is 2.54. The first-order chi connectivity index (χ1) is 12.6. The lowest BCUT2D eigenvalue weighted by Crippen LogP contribution is -2.49. The molecular formula is C10H22O16P2. The number of phosphoric ester groups is 2. The van der Waals surface area contributed by atoms with E-state index < -0.39 is 71.8 Å². The number of carbonyl (C=O) groups is 2. The number of Topliss-reactive ketones (excluding diaryl/α,β-unsaturated/α-hetero) is 1. The lowest BCUT2D eigenvalue weighted by molar-refractivity contribution is -0.149. The number of hydrogen-bond acceptors (Lipinski definition) is 12. The van der Waals surface area contributed by atoms with Crippen LogP contribution < -0.4 is 0 Å². The molecule has 0 amide bonds. The monoisotopic (exact) mass is 460 g/mol. The van der Waals surface area contributed by atoms with E-state index in [9.17, 15) is 34.0 Å². The van der Waals surface area contributed by atoms with E-state index in [4.69, 9.17) is 34.9 Å². The third-order valence-corrected chi connectivity index (χ3v) is 3.51. The van der Waals surface area contributed by atoms with Crippen molar-refractivity contribution in [3.63, 3.8) is 0 Å². The van der Waals surface area contributed by atoms with Crippen LogP contribution in [0.3, 0.4) is 0 Å². The highest BCUT2D eigenvalue weighted by Crippen LogP contribution is 2.36. The maximum absolute atomic E-state index is 10.8. The van der Waals surface area contributed by atoms with Crippen LogP contribution in [-0.2, 0) is 27.8 Å². The maximum Gasteiger partial charge on any atom is 0.469 e. The standard InChI is InChI=1S/C7H15O10P.C3H7O6P/c8-1-3(9)5(11)7(13)6(12)4(10)2-17-18(14,15)16;4-1-3(5)2-9-10(6,7)8/h4-8,10-13H,1-2H2,(H2,14,15,16);1,3,5H,2H2,(H2,6,7,8)/t4-,5-,6-,7+;/m1./s1. The summed E-state index contributed by atoms with van der Waals surface area (Å²) in [5.74, 6) is -1.19. The van der Waals surface area contributed by atoms with E-state index in [1.807, 2.05) is 0 Å². The molecule has 28 heavy (non-hydrogen) atoms. The van der Waals surface area contributed by atoms with Crippen molar-refractivity contribution in [3.8, 4) is 0 Å². The second-order valence-electron chi connectivity index (χ2n) is 4.89. The van der Waals surface area contributed by atoms with Crippen LogP contribution in [0, 0.1) is 0 Å². The zero-order valence-electron chi connectivity index (χ0n) is 13.9. The molecule has 16 nitrogen and oxygen atoms in total. The molecule has 0 aliphatic carbocycles. The van der Waals surface area contributed by atoms with Crippen LogP contribution in [0.15, 0.2) is 0 Å². The predicted octanol–water partition coefficient (Wildman–Crippen LogP) is -5.24. The number of ketones is 1. The summed E-state index contributed by atoms with van der Waals surface area (Å²) in [6.07, 6.45) is -9.69. The maximum atomic E-state index is 10.8. The Morgan fingerprint density at radius 1 is 0.857 bits per heavy atom. The van der Waals surface area contributed by atoms with E-state index in [-0.39, 0.29) is 6.29 Å². The molecule has 0 rings (SSSR count). The Bertz CT molecular complexity index is 556. The van der Waals surface area contributed by atoms with Crippen LogP contribution in [0.2, 0.25) is 0 Å². The van der Waals surface area contributed by atoms with E-state index in [2.05, 4.69) is 9.05 Å². The van der Waals surface area contributed by atoms with Gasteiger partial charge in [0.2, 0.25) is 0 Å². The normalized spacial score (nSPS) is 17.5. The number of carbonyl (C=O) groups excluding carboxylic acids is 2. The average molecular weight is 460 g/mol. The first-order valence-electron chi connectivity index (χ1n) is 6.95. The highest BCUT2D eigenvalue weighted by atomic mass is 31.2. The molecule has 10 N–H and O–H groups in total. The summed E-state index contributed by atoms with van der Waals surface area (Å²) in [6, 6.07) is 0. The van der Waals surface area contributed by atoms with Gasteiger partial charge in [-0.2, -0.15) is 0 Å². The Balaban J connectivity index is 0. The smallest absolute Gasteiger partial charge is 0.388 e. The van der Waals surface area contributed by atoms with E-state index >= 15 is 0 Å². The fraction of sp³-hybridized carbons (Fsp3) is 0.800. The van der Waals surface area contributed by atoms with Gasteiger partial charge in [-0.05, 0) is 0 Å². The molecule has 1 unspecified atom stereocenters. The Morgan fingerprint density at radius 2 is 1.29 bits per heavy atom. The van der Waals surface area contributed by atoms with Crippen molar-refractivity contribution in [2.75, 3.05) is 19.8 Å². The summed E-state index contributed by atoms with van der Waals surface area (Å²) >= 11 is 0. The summed E-state index contributed by atoms with van der Waals surface area (Å²) in [7, 11) is -9.41. The number of aldehydes is 1. The first kappa shape index (κ1) is 29.5. The molecule has 0 heterocycles. The highest BCUT2D eigenvalue weighted by molar-refractivity contribution is 7.46. The average Bonchev–Trinajstić information content (AvgIpc) is 2.60. The Kier molecular flexibility index (Phi) is 14.3. The fourth-order valence-electron chi connectivity index (χ4n) is 1.18. The summed E-state index contributed by atoms with van der Waals surface area (Å²) in [5, 5.41) is 53.6. The van der Waals surface area contributed by atoms with Crippen LogP contribution in [0.1, 0.15) is 0 Å². The first-order valence-corrected chi connectivity index (χ1v) is 10.0. The number of hydrogen-bond donors (Lipinski definition) is 10. The number of phosphoric acid groups is 2. The molecule has 0 spiro atoms. The lowest BCUT2D eigenvalue weighted by Gasteiger charge is -2.25. The van der Waals surface area contributed by atoms with E-state index in [1.54, 1.807) is 0 Å². The van der Waals surface area contributed by atoms with Crippen molar-refractivity contribution in [2.45, 2.75) is 30.5 Å². The minimum Gasteiger partial charge on any atom is -0.388 e. The van der Waals surface area contributed by atoms with Crippen molar-refractivity contribution in [2.24, 2.45) is 0 Å². The zero-order chi connectivity index (χ0) is 22.7. The molecule has 0 aromatic carbocycles. The molecule has 0 aromatic heterocycles. The molecule has 5 atom stereocenters. The van der Waals surface area contributed by atoms with Crippen molar-refractivity contribution >= 4 is 27.7 Å². The van der Waals surface area contributed by atoms with E-state index in [0.717, 1.165) is 0 Å². The predicted molar refractivity (Wildman–Crippen MR) is 84.2 cm³/mol. The number of aliphatic hydroxyl groups is 6. The lowest BCUT2D eigenvalue weighted by atomic mass is 10.0. The van der Waals surface area contributed by atoms with Gasteiger partial charge >= 0.3 is 15.6 Å². The Labute approximate surface area is 157 Å². The van der Waals surface area contributed by atoms with Gasteiger partial charge in [-0.15, -0.1) is 0 Å². The van der Waals surface area contributed by atoms with E-state index in [1.165, 1.54) is 0 Å². The summed E-state index contributed by atoms with van der Waals surface area (Å²) < 4.78 is 27.8. The largest absolute Gasteiger partial charge is 0.469 e. The van der Waals surface area contributed by atoms with Gasteiger partial charge in [0.1, 0.15) is 37.1 Å². The number of rotatable bonds is 12. The van der Waals surface area contributed by atoms with Crippen LogP contribution in [0.5, 0.6) is 0 Å². The van der Waals surface area contributed by atoms with Gasteiger partial charge in [0.05, 0.1) is 13.2 Å². The van der Waals surface area contributed by atoms with Crippen LogP contribution in [-0.4, -0.2) is 113 Å². The van der Waals surface area contributed by atoms with E-state index in [0.29, 0.717) is 0 Å². The topological polar surface area (TPSA) is 289 Å². The molecule has 0 fully saturated rings. The molecule has 0 aromatic rings. The molecule has 18 heteroatoms. The zero-order valence-corrected chi connectivity index (χ0v) is 15.7. The summed E-state index contributed by atoms with van der Waals surface area (Å²) in [6.45, 7) is -2.80. The fourth-order valence-corrected chi connectivity index (χ4v) is 1.88. The summed E-state index contributed by atoms with van der Waals surface area (Å²) in [5.41, 5.74) is 0. The molecule has 0 bridgehead atoms. The Morgan fingerprint density at radius 3 is 1.64 bits per heavy atom. The quantitative estimate of drug-likeness (QED) is 0.0961. The van der Waals surface area contributed by atoms with Crippen molar-refractivity contribution in [1.82, 2.24) is 0 Å². The van der Waals surface area contributed by atoms with Crippen LogP contribution >= 0.6 is 15.6 Å². The van der Waals surface area contributed by atoms with Gasteiger partial charge in [-0.1, -0.05) is 0 Å². The molecule has 168 valence electrons. The molecule has 0 saturated carbocycles. The van der Waals surface area contributed by atoms with Gasteiger partial charge in [0.15, 0.2) is 12.1 Å². The van der Waals surface area contributed by atoms with Gasteiger partial charge in [-0.3, -0.25) is 13.8 Å². The molecule has 0 radical (unpaired) electrons. The molecule has 0 saturated heterocycles. The summed E-state index contributed by atoms with van der Waals surface area (Å²) in [4.78, 5) is 53.1. The number of aliphatic hydroxyl groups excluding tert-OH is 6. The van der Waals surface area contributed by atoms with Gasteiger partial charge in [0.25, 0.3) is 0 Å². The highest BCUT2D eigenvalue weighted by Gasteiger charge is 2.34. The van der Waals surface area contributed by atoms with Gasteiger partial charge in [0, 0.05) is 0 Å². The van der Waals surface area contributed by atoms with Crippen molar-refractivity contribution in [1.29, 1.82) is 0 Å². The van der Waals surface area contributed by atoms with Crippen LogP contribution in [0.4, 0.5) is 0 Å².